The molecule has 0 spiro atoms. The Bertz CT molecular complexity index is 848. The average molecular weight is 389 g/mol. The Morgan fingerprint density at radius 1 is 1.35 bits per heavy atom. The highest BCUT2D eigenvalue weighted by molar-refractivity contribution is 7.51. The number of nitrogens with zero attached hydrogens (tertiary/aromatic N) is 4. The van der Waals surface area contributed by atoms with Crippen LogP contribution in [0.5, 0.6) is 0 Å². The summed E-state index contributed by atoms with van der Waals surface area (Å²) in [7, 11) is -3.57. The number of rotatable bonds is 8. The standard InChI is InChI=1S/C12H20N7O6P/c13-12-16-10-9(11(20)17-12)15-7-18(10)8-23-5-6-24-26(21,25-14)19-1-3-22-4-2-19/h7H,1-6,8,14H2,(H3,13,16,17,20). The van der Waals surface area contributed by atoms with Crippen LogP contribution in [0, 0.1) is 0 Å². The third-order valence-electron chi connectivity index (χ3n) is 3.67. The Kier molecular flexibility index (Phi) is 5.98. The monoisotopic (exact) mass is 389 g/mol. The molecule has 0 aliphatic carbocycles. The quantitative estimate of drug-likeness (QED) is 0.288. The molecule has 3 heterocycles. The van der Waals surface area contributed by atoms with Gasteiger partial charge in [-0.05, 0) is 0 Å². The summed E-state index contributed by atoms with van der Waals surface area (Å²) in [5, 5.41) is 0. The number of H-pyrrole nitrogens is 1. The van der Waals surface area contributed by atoms with E-state index in [1.165, 1.54) is 15.6 Å². The third-order valence-corrected chi connectivity index (χ3v) is 5.54. The molecule has 0 radical (unpaired) electrons. The van der Waals surface area contributed by atoms with Gasteiger partial charge in [0, 0.05) is 13.1 Å². The lowest BCUT2D eigenvalue weighted by Gasteiger charge is -2.31. The van der Waals surface area contributed by atoms with Crippen molar-refractivity contribution < 1.29 is 23.2 Å². The largest absolute Gasteiger partial charge is 0.424 e. The van der Waals surface area contributed by atoms with E-state index < -0.39 is 13.3 Å². The molecule has 0 bridgehead atoms. The zero-order valence-corrected chi connectivity index (χ0v) is 14.8. The number of morpholine rings is 1. The maximum absolute atomic E-state index is 12.5. The molecule has 0 saturated carbocycles. The van der Waals surface area contributed by atoms with Crippen LogP contribution in [-0.2, 0) is 29.9 Å². The molecule has 0 amide bonds. The van der Waals surface area contributed by atoms with Crippen LogP contribution in [0.3, 0.4) is 0 Å². The normalized spacial score (nSPS) is 18.2. The second-order valence-electron chi connectivity index (χ2n) is 5.35. The van der Waals surface area contributed by atoms with E-state index in [2.05, 4.69) is 19.6 Å². The van der Waals surface area contributed by atoms with Crippen molar-refractivity contribution in [2.75, 3.05) is 45.3 Å². The van der Waals surface area contributed by atoms with E-state index in [4.69, 9.17) is 25.6 Å². The van der Waals surface area contributed by atoms with Gasteiger partial charge in [-0.25, -0.2) is 24.7 Å². The zero-order chi connectivity index (χ0) is 18.6. The highest BCUT2D eigenvalue weighted by Gasteiger charge is 2.34. The van der Waals surface area contributed by atoms with Crippen LogP contribution < -0.4 is 17.2 Å². The summed E-state index contributed by atoms with van der Waals surface area (Å²) in [5.41, 5.74) is 5.56. The van der Waals surface area contributed by atoms with Crippen LogP contribution in [0.1, 0.15) is 0 Å². The number of aromatic amines is 1. The van der Waals surface area contributed by atoms with E-state index in [0.29, 0.717) is 32.0 Å². The Labute approximate surface area is 147 Å². The fraction of sp³-hybridized carbons (Fsp3) is 0.583. The van der Waals surface area contributed by atoms with Gasteiger partial charge in [0.25, 0.3) is 5.56 Å². The first kappa shape index (κ1) is 18.9. The number of fused-ring (bicyclic) bond motifs is 1. The number of aromatic nitrogens is 4. The molecule has 14 heteroatoms. The first-order chi connectivity index (χ1) is 12.5. The summed E-state index contributed by atoms with van der Waals surface area (Å²) in [6.45, 7) is 1.81. The summed E-state index contributed by atoms with van der Waals surface area (Å²) in [5.74, 6) is 5.13. The molecule has 1 saturated heterocycles. The lowest BCUT2D eigenvalue weighted by atomic mass is 10.5. The second kappa shape index (κ2) is 8.22. The van der Waals surface area contributed by atoms with Gasteiger partial charge in [0.2, 0.25) is 5.95 Å². The van der Waals surface area contributed by atoms with Crippen LogP contribution in [0.25, 0.3) is 11.2 Å². The number of nitrogen functional groups attached to an aromatic ring is 1. The van der Waals surface area contributed by atoms with Crippen LogP contribution in [-0.4, -0.2) is 63.7 Å². The Morgan fingerprint density at radius 3 is 2.85 bits per heavy atom. The van der Waals surface area contributed by atoms with Crippen molar-refractivity contribution in [1.82, 2.24) is 24.2 Å². The smallest absolute Gasteiger partial charge is 0.379 e. The maximum atomic E-state index is 12.5. The van der Waals surface area contributed by atoms with Crippen LogP contribution in [0.2, 0.25) is 0 Å². The third kappa shape index (κ3) is 4.10. The number of nitrogens with two attached hydrogens (primary N) is 2. The van der Waals surface area contributed by atoms with E-state index in [9.17, 15) is 9.36 Å². The molecule has 1 unspecified atom stereocenters. The van der Waals surface area contributed by atoms with E-state index in [-0.39, 0.29) is 31.4 Å². The lowest BCUT2D eigenvalue weighted by molar-refractivity contribution is 0.0291. The van der Waals surface area contributed by atoms with E-state index in [1.54, 1.807) is 0 Å². The molecular weight excluding hydrogens is 369 g/mol. The Hall–Kier alpha value is -1.86. The number of ether oxygens (including phenoxy) is 2. The molecule has 13 nitrogen and oxygen atoms in total. The molecule has 5 N–H and O–H groups in total. The molecular formula is C12H20N7O6P. The van der Waals surface area contributed by atoms with Crippen molar-refractivity contribution in [3.63, 3.8) is 0 Å². The molecule has 26 heavy (non-hydrogen) atoms. The summed E-state index contributed by atoms with van der Waals surface area (Å²) >= 11 is 0. The van der Waals surface area contributed by atoms with Gasteiger partial charge in [-0.1, -0.05) is 0 Å². The van der Waals surface area contributed by atoms with E-state index in [1.807, 2.05) is 0 Å². The fourth-order valence-corrected chi connectivity index (χ4v) is 3.73. The average Bonchev–Trinajstić information content (AvgIpc) is 3.05. The van der Waals surface area contributed by atoms with Gasteiger partial charge in [-0.3, -0.25) is 18.9 Å². The van der Waals surface area contributed by atoms with Crippen molar-refractivity contribution >= 4 is 24.9 Å². The molecule has 144 valence electrons. The predicted molar refractivity (Wildman–Crippen MR) is 89.7 cm³/mol. The first-order valence-corrected chi connectivity index (χ1v) is 9.27. The molecule has 1 fully saturated rings. The molecule has 3 rings (SSSR count). The van der Waals surface area contributed by atoms with Crippen molar-refractivity contribution in [3.05, 3.63) is 16.7 Å². The number of nitrogens with one attached hydrogen (secondary N) is 1. The SMILES string of the molecule is NOP(=O)(OCCOCn1cnc2c(=O)[nH]c(N)nc21)N1CCOCC1. The van der Waals surface area contributed by atoms with Gasteiger partial charge in [0.05, 0.1) is 32.8 Å². The first-order valence-electron chi connectivity index (χ1n) is 7.78. The summed E-state index contributed by atoms with van der Waals surface area (Å²) < 4.78 is 36.1. The van der Waals surface area contributed by atoms with Crippen molar-refractivity contribution in [2.45, 2.75) is 6.73 Å². The Morgan fingerprint density at radius 2 is 2.12 bits per heavy atom. The van der Waals surface area contributed by atoms with Gasteiger partial charge in [-0.15, -0.1) is 0 Å². The van der Waals surface area contributed by atoms with Crippen LogP contribution >= 0.6 is 7.75 Å². The second-order valence-corrected chi connectivity index (χ2v) is 7.32. The van der Waals surface area contributed by atoms with Gasteiger partial charge in [-0.2, -0.15) is 4.98 Å². The number of hydrogen-bond donors (Lipinski definition) is 3. The predicted octanol–water partition coefficient (Wildman–Crippen LogP) is -0.977. The summed E-state index contributed by atoms with van der Waals surface area (Å²) in [6.07, 6.45) is 1.41. The van der Waals surface area contributed by atoms with E-state index in [0.717, 1.165) is 0 Å². The lowest BCUT2D eigenvalue weighted by Crippen LogP contribution is -2.36. The number of hydrogen-bond acceptors (Lipinski definition) is 10. The van der Waals surface area contributed by atoms with Crippen molar-refractivity contribution in [3.8, 4) is 0 Å². The summed E-state index contributed by atoms with van der Waals surface area (Å²) in [4.78, 5) is 22.0. The number of anilines is 1. The topological polar surface area (TPSA) is 173 Å². The molecule has 2 aromatic heterocycles. The minimum atomic E-state index is -3.57. The van der Waals surface area contributed by atoms with Gasteiger partial charge in [0.1, 0.15) is 6.73 Å². The highest BCUT2D eigenvalue weighted by atomic mass is 31.2. The van der Waals surface area contributed by atoms with Gasteiger partial charge < -0.3 is 15.2 Å². The molecule has 1 aliphatic heterocycles. The Balaban J connectivity index is 1.51. The molecule has 1 atom stereocenters. The zero-order valence-electron chi connectivity index (χ0n) is 13.9. The van der Waals surface area contributed by atoms with Crippen LogP contribution in [0.15, 0.2) is 11.1 Å². The molecule has 1 aliphatic rings. The van der Waals surface area contributed by atoms with Crippen LogP contribution in [0.4, 0.5) is 5.95 Å². The highest BCUT2D eigenvalue weighted by Crippen LogP contribution is 2.50. The molecule has 2 aromatic rings. The fourth-order valence-electron chi connectivity index (χ4n) is 2.42. The van der Waals surface area contributed by atoms with Gasteiger partial charge >= 0.3 is 7.75 Å². The van der Waals surface area contributed by atoms with Gasteiger partial charge in [0.15, 0.2) is 11.2 Å². The maximum Gasteiger partial charge on any atom is 0.424 e. The minimum Gasteiger partial charge on any atom is -0.379 e. The summed E-state index contributed by atoms with van der Waals surface area (Å²) in [6, 6.07) is 0. The molecule has 0 aromatic carbocycles. The minimum absolute atomic E-state index is 0.00534. The van der Waals surface area contributed by atoms with E-state index >= 15 is 0 Å². The van der Waals surface area contributed by atoms with Crippen molar-refractivity contribution in [2.24, 2.45) is 5.90 Å². The van der Waals surface area contributed by atoms with Crippen molar-refractivity contribution in [1.29, 1.82) is 0 Å². The number of imidazole rings is 1.